The SMILES string of the molecule is Cc1ccc2nc(C(=O)Nc3ccc(Cl)cc3)nc(NC3CCCCC3N=C(N)N)c2c1. The maximum absolute atomic E-state index is 12.9. The van der Waals surface area contributed by atoms with Gasteiger partial charge in [-0.3, -0.25) is 4.79 Å². The molecular weight excluding hydrogens is 426 g/mol. The molecule has 0 radical (unpaired) electrons. The Labute approximate surface area is 191 Å². The molecule has 2 unspecified atom stereocenters. The van der Waals surface area contributed by atoms with Crippen molar-refractivity contribution in [2.24, 2.45) is 16.5 Å². The highest BCUT2D eigenvalue weighted by Gasteiger charge is 2.26. The normalized spacial score (nSPS) is 18.2. The molecule has 166 valence electrons. The smallest absolute Gasteiger partial charge is 0.293 e. The number of aliphatic imine (C=N–C) groups is 1. The molecule has 3 aromatic rings. The Kier molecular flexibility index (Phi) is 6.41. The Hall–Kier alpha value is -3.39. The maximum atomic E-state index is 12.9. The lowest BCUT2D eigenvalue weighted by molar-refractivity contribution is 0.101. The van der Waals surface area contributed by atoms with E-state index >= 15 is 0 Å². The third-order valence-electron chi connectivity index (χ3n) is 5.52. The number of guanidine groups is 1. The number of aryl methyl sites for hydroxylation is 1. The highest BCUT2D eigenvalue weighted by Crippen LogP contribution is 2.28. The van der Waals surface area contributed by atoms with Crippen LogP contribution in [0, 0.1) is 6.92 Å². The van der Waals surface area contributed by atoms with Crippen LogP contribution in [-0.4, -0.2) is 33.9 Å². The first-order valence-corrected chi connectivity index (χ1v) is 11.0. The topological polar surface area (TPSA) is 131 Å². The summed E-state index contributed by atoms with van der Waals surface area (Å²) in [5, 5.41) is 7.77. The molecule has 0 saturated heterocycles. The number of nitrogens with one attached hydrogen (secondary N) is 2. The molecule has 1 aliphatic rings. The van der Waals surface area contributed by atoms with E-state index in [4.69, 9.17) is 23.1 Å². The number of benzene rings is 2. The third kappa shape index (κ3) is 5.08. The number of hydrogen-bond acceptors (Lipinski definition) is 5. The molecule has 1 aliphatic carbocycles. The number of aromatic nitrogens is 2. The van der Waals surface area contributed by atoms with E-state index in [2.05, 4.69) is 25.6 Å². The van der Waals surface area contributed by atoms with Gasteiger partial charge in [-0.2, -0.15) is 0 Å². The van der Waals surface area contributed by atoms with Crippen molar-refractivity contribution in [2.45, 2.75) is 44.7 Å². The fraction of sp³-hybridized carbons (Fsp3) is 0.304. The van der Waals surface area contributed by atoms with E-state index < -0.39 is 5.91 Å². The Morgan fingerprint density at radius 3 is 2.59 bits per heavy atom. The van der Waals surface area contributed by atoms with E-state index in [1.165, 1.54) is 0 Å². The fourth-order valence-electron chi connectivity index (χ4n) is 3.98. The zero-order chi connectivity index (χ0) is 22.7. The van der Waals surface area contributed by atoms with E-state index in [0.717, 1.165) is 36.6 Å². The molecule has 1 saturated carbocycles. The first-order chi connectivity index (χ1) is 15.4. The average Bonchev–Trinajstić information content (AvgIpc) is 2.76. The zero-order valence-electron chi connectivity index (χ0n) is 17.8. The highest BCUT2D eigenvalue weighted by molar-refractivity contribution is 6.30. The van der Waals surface area contributed by atoms with Crippen LogP contribution in [0.5, 0.6) is 0 Å². The number of fused-ring (bicyclic) bond motifs is 1. The minimum atomic E-state index is -0.401. The first kappa shape index (κ1) is 21.8. The van der Waals surface area contributed by atoms with Gasteiger partial charge in [0.25, 0.3) is 5.91 Å². The quantitative estimate of drug-likeness (QED) is 0.344. The van der Waals surface area contributed by atoms with Gasteiger partial charge in [-0.15, -0.1) is 0 Å². The van der Waals surface area contributed by atoms with Gasteiger partial charge >= 0.3 is 0 Å². The average molecular weight is 452 g/mol. The van der Waals surface area contributed by atoms with Crippen LogP contribution in [0.15, 0.2) is 47.5 Å². The minimum Gasteiger partial charge on any atom is -0.370 e. The largest absolute Gasteiger partial charge is 0.370 e. The fourth-order valence-corrected chi connectivity index (χ4v) is 4.10. The van der Waals surface area contributed by atoms with Gasteiger partial charge in [0.15, 0.2) is 5.96 Å². The molecule has 32 heavy (non-hydrogen) atoms. The van der Waals surface area contributed by atoms with Crippen LogP contribution >= 0.6 is 11.6 Å². The van der Waals surface area contributed by atoms with E-state index in [9.17, 15) is 4.79 Å². The third-order valence-corrected chi connectivity index (χ3v) is 5.77. The first-order valence-electron chi connectivity index (χ1n) is 10.6. The number of amides is 1. The molecule has 6 N–H and O–H groups in total. The number of carbonyl (C=O) groups is 1. The van der Waals surface area contributed by atoms with Crippen LogP contribution in [0.25, 0.3) is 10.9 Å². The lowest BCUT2D eigenvalue weighted by atomic mass is 9.90. The van der Waals surface area contributed by atoms with Gasteiger partial charge in [-0.1, -0.05) is 36.1 Å². The van der Waals surface area contributed by atoms with Gasteiger partial charge < -0.3 is 22.1 Å². The lowest BCUT2D eigenvalue weighted by Gasteiger charge is -2.30. The monoisotopic (exact) mass is 451 g/mol. The standard InChI is InChI=1S/C23H26ClN7O/c1-13-6-11-17-16(12-13)20(29-18-4-2-3-5-19(18)30-23(25)26)31-21(28-17)22(32)27-15-9-7-14(24)8-10-15/h6-12,18-19H,2-5H2,1H3,(H,27,32)(H4,25,26,30)(H,28,29,31). The number of nitrogens with zero attached hydrogens (tertiary/aromatic N) is 3. The van der Waals surface area contributed by atoms with Crippen LogP contribution in [0.3, 0.4) is 0 Å². The van der Waals surface area contributed by atoms with Crippen molar-refractivity contribution in [1.82, 2.24) is 9.97 Å². The van der Waals surface area contributed by atoms with Crippen LogP contribution in [0.2, 0.25) is 5.02 Å². The van der Waals surface area contributed by atoms with E-state index in [0.29, 0.717) is 22.0 Å². The molecule has 9 heteroatoms. The van der Waals surface area contributed by atoms with Gasteiger partial charge in [0, 0.05) is 16.1 Å². The Morgan fingerprint density at radius 1 is 1.09 bits per heavy atom. The van der Waals surface area contributed by atoms with Gasteiger partial charge in [-0.05, 0) is 56.2 Å². The number of nitrogens with two attached hydrogens (primary N) is 2. The molecule has 0 spiro atoms. The summed E-state index contributed by atoms with van der Waals surface area (Å²) in [7, 11) is 0. The summed E-state index contributed by atoms with van der Waals surface area (Å²) in [5.41, 5.74) is 13.7. The lowest BCUT2D eigenvalue weighted by Crippen LogP contribution is -2.38. The van der Waals surface area contributed by atoms with Gasteiger partial charge in [0.2, 0.25) is 5.82 Å². The summed E-state index contributed by atoms with van der Waals surface area (Å²) in [6.45, 7) is 2.01. The van der Waals surface area contributed by atoms with Crippen molar-refractivity contribution in [2.75, 3.05) is 10.6 Å². The molecule has 2 aromatic carbocycles. The number of carbonyl (C=O) groups excluding carboxylic acids is 1. The van der Waals surface area contributed by atoms with Crippen LogP contribution < -0.4 is 22.1 Å². The summed E-state index contributed by atoms with van der Waals surface area (Å²) in [5.74, 6) is 0.355. The molecule has 2 atom stereocenters. The Balaban J connectivity index is 1.68. The second kappa shape index (κ2) is 9.40. The number of hydrogen-bond donors (Lipinski definition) is 4. The molecule has 1 aromatic heterocycles. The van der Waals surface area contributed by atoms with Crippen molar-refractivity contribution in [3.05, 3.63) is 58.9 Å². The molecule has 0 aliphatic heterocycles. The predicted molar refractivity (Wildman–Crippen MR) is 129 cm³/mol. The molecule has 1 amide bonds. The second-order valence-electron chi connectivity index (χ2n) is 8.03. The molecule has 1 fully saturated rings. The van der Waals surface area contributed by atoms with Crippen molar-refractivity contribution in [3.8, 4) is 0 Å². The van der Waals surface area contributed by atoms with Gasteiger partial charge in [0.1, 0.15) is 5.82 Å². The minimum absolute atomic E-state index is 0.0108. The summed E-state index contributed by atoms with van der Waals surface area (Å²) < 4.78 is 0. The van der Waals surface area contributed by atoms with Crippen LogP contribution in [0.4, 0.5) is 11.5 Å². The molecule has 1 heterocycles. The van der Waals surface area contributed by atoms with Gasteiger partial charge in [0.05, 0.1) is 17.6 Å². The van der Waals surface area contributed by atoms with E-state index in [1.54, 1.807) is 24.3 Å². The zero-order valence-corrected chi connectivity index (χ0v) is 18.6. The number of anilines is 2. The van der Waals surface area contributed by atoms with Crippen LogP contribution in [-0.2, 0) is 0 Å². The maximum Gasteiger partial charge on any atom is 0.293 e. The summed E-state index contributed by atoms with van der Waals surface area (Å²) >= 11 is 5.93. The highest BCUT2D eigenvalue weighted by atomic mass is 35.5. The molecular formula is C23H26ClN7O. The van der Waals surface area contributed by atoms with Crippen molar-refractivity contribution >= 4 is 45.9 Å². The summed E-state index contributed by atoms with van der Waals surface area (Å²) in [6, 6.07) is 12.7. The summed E-state index contributed by atoms with van der Waals surface area (Å²) in [6.07, 6.45) is 3.94. The van der Waals surface area contributed by atoms with Crippen molar-refractivity contribution in [3.63, 3.8) is 0 Å². The number of halogens is 1. The van der Waals surface area contributed by atoms with Crippen molar-refractivity contribution in [1.29, 1.82) is 0 Å². The molecule has 4 rings (SSSR count). The predicted octanol–water partition coefficient (Wildman–Crippen LogP) is 3.84. The number of rotatable bonds is 5. The molecule has 0 bridgehead atoms. The van der Waals surface area contributed by atoms with Crippen LogP contribution in [0.1, 0.15) is 41.9 Å². The van der Waals surface area contributed by atoms with E-state index in [-0.39, 0.29) is 23.9 Å². The Bertz CT molecular complexity index is 1160. The van der Waals surface area contributed by atoms with Crippen molar-refractivity contribution < 1.29 is 4.79 Å². The van der Waals surface area contributed by atoms with Gasteiger partial charge in [-0.25, -0.2) is 15.0 Å². The molecule has 8 nitrogen and oxygen atoms in total. The second-order valence-corrected chi connectivity index (χ2v) is 8.47. The summed E-state index contributed by atoms with van der Waals surface area (Å²) in [4.78, 5) is 26.4. The van der Waals surface area contributed by atoms with E-state index in [1.807, 2.05) is 25.1 Å². The Morgan fingerprint density at radius 2 is 1.84 bits per heavy atom.